The summed E-state index contributed by atoms with van der Waals surface area (Å²) in [7, 11) is 0. The lowest BCUT2D eigenvalue weighted by molar-refractivity contribution is -0.143. The SMILES string of the molecule is CCc1nc(COC2CCC(C(=O)O)CC2)cs1. The van der Waals surface area contributed by atoms with Crippen LogP contribution in [0.1, 0.15) is 43.3 Å². The van der Waals surface area contributed by atoms with Crippen molar-refractivity contribution in [3.05, 3.63) is 16.1 Å². The molecule has 2 rings (SSSR count). The first-order chi connectivity index (χ1) is 8.69. The summed E-state index contributed by atoms with van der Waals surface area (Å²) >= 11 is 1.67. The molecule has 1 aromatic heterocycles. The molecule has 0 spiro atoms. The van der Waals surface area contributed by atoms with Gasteiger partial charge in [0, 0.05) is 5.38 Å². The molecule has 0 saturated heterocycles. The van der Waals surface area contributed by atoms with Crippen molar-refractivity contribution in [1.82, 2.24) is 4.98 Å². The lowest BCUT2D eigenvalue weighted by Gasteiger charge is -2.25. The maximum Gasteiger partial charge on any atom is 0.306 e. The molecule has 0 aliphatic heterocycles. The lowest BCUT2D eigenvalue weighted by Crippen LogP contribution is -2.25. The summed E-state index contributed by atoms with van der Waals surface area (Å²) in [6.45, 7) is 2.65. The van der Waals surface area contributed by atoms with E-state index in [2.05, 4.69) is 11.9 Å². The first kappa shape index (κ1) is 13.5. The number of carbonyl (C=O) groups is 1. The van der Waals surface area contributed by atoms with Gasteiger partial charge in [0.05, 0.1) is 29.3 Å². The number of rotatable bonds is 5. The Morgan fingerprint density at radius 3 is 2.78 bits per heavy atom. The molecule has 0 bridgehead atoms. The van der Waals surface area contributed by atoms with Crippen molar-refractivity contribution < 1.29 is 14.6 Å². The van der Waals surface area contributed by atoms with Crippen molar-refractivity contribution in [3.63, 3.8) is 0 Å². The Morgan fingerprint density at radius 1 is 1.50 bits per heavy atom. The Hall–Kier alpha value is -0.940. The van der Waals surface area contributed by atoms with Gasteiger partial charge in [-0.05, 0) is 32.1 Å². The van der Waals surface area contributed by atoms with Gasteiger partial charge in [0.1, 0.15) is 0 Å². The number of hydrogen-bond acceptors (Lipinski definition) is 4. The molecule has 1 aromatic rings. The molecule has 5 heteroatoms. The van der Waals surface area contributed by atoms with Crippen LogP contribution in [-0.2, 0) is 22.6 Å². The summed E-state index contributed by atoms with van der Waals surface area (Å²) in [5.41, 5.74) is 0.997. The van der Waals surface area contributed by atoms with Gasteiger partial charge in [0.25, 0.3) is 0 Å². The molecule has 1 aliphatic rings. The van der Waals surface area contributed by atoms with E-state index in [0.29, 0.717) is 6.61 Å². The zero-order chi connectivity index (χ0) is 13.0. The highest BCUT2D eigenvalue weighted by molar-refractivity contribution is 7.09. The summed E-state index contributed by atoms with van der Waals surface area (Å²) in [6, 6.07) is 0. The number of ether oxygens (including phenoxy) is 1. The molecule has 1 heterocycles. The molecular weight excluding hydrogens is 250 g/mol. The smallest absolute Gasteiger partial charge is 0.306 e. The van der Waals surface area contributed by atoms with Crippen LogP contribution in [0.2, 0.25) is 0 Å². The number of aromatic nitrogens is 1. The summed E-state index contributed by atoms with van der Waals surface area (Å²) in [5.74, 6) is -0.837. The first-order valence-corrected chi connectivity index (χ1v) is 7.34. The Labute approximate surface area is 111 Å². The molecule has 0 amide bonds. The van der Waals surface area contributed by atoms with Crippen LogP contribution in [0, 0.1) is 5.92 Å². The highest BCUT2D eigenvalue weighted by Gasteiger charge is 2.26. The average molecular weight is 269 g/mol. The second-order valence-electron chi connectivity index (χ2n) is 4.71. The van der Waals surface area contributed by atoms with E-state index < -0.39 is 5.97 Å². The number of aryl methyl sites for hydroxylation is 1. The van der Waals surface area contributed by atoms with Crippen LogP contribution < -0.4 is 0 Å². The quantitative estimate of drug-likeness (QED) is 0.893. The highest BCUT2D eigenvalue weighted by Crippen LogP contribution is 2.27. The molecule has 18 heavy (non-hydrogen) atoms. The van der Waals surface area contributed by atoms with E-state index in [1.54, 1.807) is 11.3 Å². The number of nitrogens with zero attached hydrogens (tertiary/aromatic N) is 1. The summed E-state index contributed by atoms with van der Waals surface area (Å²) in [4.78, 5) is 15.3. The molecule has 1 aliphatic carbocycles. The fourth-order valence-corrected chi connectivity index (χ4v) is 2.99. The van der Waals surface area contributed by atoms with Crippen LogP contribution in [0.5, 0.6) is 0 Å². The molecule has 100 valence electrons. The van der Waals surface area contributed by atoms with Crippen molar-refractivity contribution in [2.75, 3.05) is 0 Å². The monoisotopic (exact) mass is 269 g/mol. The first-order valence-electron chi connectivity index (χ1n) is 6.46. The van der Waals surface area contributed by atoms with Crippen LogP contribution >= 0.6 is 11.3 Å². The Bertz CT molecular complexity index is 397. The van der Waals surface area contributed by atoms with Crippen molar-refractivity contribution in [2.24, 2.45) is 5.92 Å². The predicted molar refractivity (Wildman–Crippen MR) is 69.7 cm³/mol. The zero-order valence-corrected chi connectivity index (χ0v) is 11.4. The van der Waals surface area contributed by atoms with Gasteiger partial charge in [-0.25, -0.2) is 4.98 Å². The second-order valence-corrected chi connectivity index (χ2v) is 5.65. The van der Waals surface area contributed by atoms with Gasteiger partial charge in [-0.2, -0.15) is 0 Å². The van der Waals surface area contributed by atoms with Gasteiger partial charge in [0.2, 0.25) is 0 Å². The second kappa shape index (κ2) is 6.29. The van der Waals surface area contributed by atoms with Crippen LogP contribution in [0.4, 0.5) is 0 Å². The van der Waals surface area contributed by atoms with Gasteiger partial charge >= 0.3 is 5.97 Å². The molecule has 0 aromatic carbocycles. The number of aliphatic carboxylic acids is 1. The largest absolute Gasteiger partial charge is 0.481 e. The fraction of sp³-hybridized carbons (Fsp3) is 0.692. The number of hydrogen-bond donors (Lipinski definition) is 1. The number of carboxylic acids is 1. The molecule has 1 fully saturated rings. The van der Waals surface area contributed by atoms with Gasteiger partial charge in [-0.3, -0.25) is 4.79 Å². The van der Waals surface area contributed by atoms with Gasteiger partial charge < -0.3 is 9.84 Å². The normalized spacial score (nSPS) is 24.1. The zero-order valence-electron chi connectivity index (χ0n) is 10.6. The van der Waals surface area contributed by atoms with Crippen molar-refractivity contribution >= 4 is 17.3 Å². The van der Waals surface area contributed by atoms with E-state index in [-0.39, 0.29) is 12.0 Å². The van der Waals surface area contributed by atoms with Crippen molar-refractivity contribution in [3.8, 4) is 0 Å². The van der Waals surface area contributed by atoms with Crippen LogP contribution in [-0.4, -0.2) is 22.2 Å². The van der Waals surface area contributed by atoms with Gasteiger partial charge in [-0.1, -0.05) is 6.92 Å². The highest BCUT2D eigenvalue weighted by atomic mass is 32.1. The number of thiazole rings is 1. The molecule has 0 atom stereocenters. The van der Waals surface area contributed by atoms with Gasteiger partial charge in [-0.15, -0.1) is 11.3 Å². The standard InChI is InChI=1S/C13H19NO3S/c1-2-12-14-10(8-18-12)7-17-11-5-3-9(4-6-11)13(15)16/h8-9,11H,2-7H2,1H3,(H,15,16). The van der Waals surface area contributed by atoms with E-state index in [1.165, 1.54) is 0 Å². The van der Waals surface area contributed by atoms with E-state index in [9.17, 15) is 4.79 Å². The maximum absolute atomic E-state index is 10.8. The summed E-state index contributed by atoms with van der Waals surface area (Å²) in [5, 5.41) is 12.1. The fourth-order valence-electron chi connectivity index (χ4n) is 2.26. The van der Waals surface area contributed by atoms with Crippen molar-refractivity contribution in [2.45, 2.75) is 51.7 Å². The molecule has 0 unspecified atom stereocenters. The third-order valence-corrected chi connectivity index (χ3v) is 4.43. The third-order valence-electron chi connectivity index (χ3n) is 3.39. The Kier molecular flexibility index (Phi) is 4.72. The number of carboxylic acid groups (broad SMARTS) is 1. The van der Waals surface area contributed by atoms with Crippen molar-refractivity contribution in [1.29, 1.82) is 0 Å². The van der Waals surface area contributed by atoms with E-state index in [0.717, 1.165) is 42.8 Å². The summed E-state index contributed by atoms with van der Waals surface area (Å²) < 4.78 is 5.81. The van der Waals surface area contributed by atoms with E-state index in [4.69, 9.17) is 9.84 Å². The van der Waals surface area contributed by atoms with Crippen LogP contribution in [0.3, 0.4) is 0 Å². The third kappa shape index (κ3) is 3.53. The molecular formula is C13H19NO3S. The predicted octanol–water partition coefficient (Wildman–Crippen LogP) is 2.87. The van der Waals surface area contributed by atoms with E-state index >= 15 is 0 Å². The van der Waals surface area contributed by atoms with E-state index in [1.807, 2.05) is 5.38 Å². The Balaban J connectivity index is 1.73. The molecule has 1 N–H and O–H groups in total. The van der Waals surface area contributed by atoms with Crippen LogP contribution in [0.15, 0.2) is 5.38 Å². The molecule has 0 radical (unpaired) electrons. The average Bonchev–Trinajstić information content (AvgIpc) is 2.85. The lowest BCUT2D eigenvalue weighted by atomic mass is 9.87. The molecule has 4 nitrogen and oxygen atoms in total. The van der Waals surface area contributed by atoms with Crippen LogP contribution in [0.25, 0.3) is 0 Å². The topological polar surface area (TPSA) is 59.4 Å². The summed E-state index contributed by atoms with van der Waals surface area (Å²) in [6.07, 6.45) is 4.33. The minimum atomic E-state index is -0.666. The Morgan fingerprint density at radius 2 is 2.22 bits per heavy atom. The maximum atomic E-state index is 10.8. The molecule has 1 saturated carbocycles. The minimum absolute atomic E-state index is 0.171. The van der Waals surface area contributed by atoms with Gasteiger partial charge in [0.15, 0.2) is 0 Å². The minimum Gasteiger partial charge on any atom is -0.481 e.